The van der Waals surface area contributed by atoms with Crippen LogP contribution >= 0.6 is 0 Å². The first kappa shape index (κ1) is 16.6. The molecule has 0 aliphatic heterocycles. The highest BCUT2D eigenvalue weighted by atomic mass is 32.2. The molecule has 8 heteroatoms. The van der Waals surface area contributed by atoms with E-state index in [2.05, 4.69) is 10.2 Å². The number of nitrogens with one attached hydrogen (secondary N) is 2. The van der Waals surface area contributed by atoms with Gasteiger partial charge >= 0.3 is 0 Å². The van der Waals surface area contributed by atoms with Gasteiger partial charge < -0.3 is 5.73 Å². The quantitative estimate of drug-likeness (QED) is 0.514. The summed E-state index contributed by atoms with van der Waals surface area (Å²) in [6, 6.07) is 0. The Labute approximate surface area is 120 Å². The summed E-state index contributed by atoms with van der Waals surface area (Å²) in [5.74, 6) is 0.166. The summed E-state index contributed by atoms with van der Waals surface area (Å²) in [4.78, 5) is 0.224. The van der Waals surface area contributed by atoms with Gasteiger partial charge in [0, 0.05) is 19.5 Å². The minimum Gasteiger partial charge on any atom is -0.388 e. The lowest BCUT2D eigenvalue weighted by Gasteiger charge is -2.23. The van der Waals surface area contributed by atoms with Gasteiger partial charge in [0.05, 0.1) is 17.2 Å². The van der Waals surface area contributed by atoms with Crippen molar-refractivity contribution in [2.45, 2.75) is 39.0 Å². The Kier molecular flexibility index (Phi) is 5.29. The van der Waals surface area contributed by atoms with Crippen LogP contribution in [0.2, 0.25) is 0 Å². The molecule has 0 spiro atoms. The van der Waals surface area contributed by atoms with Crippen molar-refractivity contribution in [3.8, 4) is 0 Å². The van der Waals surface area contributed by atoms with Gasteiger partial charge in [0.2, 0.25) is 10.0 Å². The highest BCUT2D eigenvalue weighted by Crippen LogP contribution is 2.22. The maximum Gasteiger partial charge on any atom is 0.246 e. The number of hydrogen-bond acceptors (Lipinski definition) is 4. The van der Waals surface area contributed by atoms with Crippen molar-refractivity contribution < 1.29 is 8.42 Å². The molecule has 0 atom stereocenters. The Morgan fingerprint density at radius 3 is 2.45 bits per heavy atom. The molecule has 0 saturated carbocycles. The number of nitrogens with zero attached hydrogens (tertiary/aromatic N) is 2. The summed E-state index contributed by atoms with van der Waals surface area (Å²) in [5, 5.41) is 13.9. The average molecular weight is 301 g/mol. The Hall–Kier alpha value is -1.41. The van der Waals surface area contributed by atoms with Crippen molar-refractivity contribution in [3.05, 3.63) is 11.4 Å². The lowest BCUT2D eigenvalue weighted by Crippen LogP contribution is -2.37. The zero-order valence-corrected chi connectivity index (χ0v) is 13.2. The van der Waals surface area contributed by atoms with E-state index >= 15 is 0 Å². The van der Waals surface area contributed by atoms with Gasteiger partial charge in [-0.1, -0.05) is 13.8 Å². The van der Waals surface area contributed by atoms with Crippen LogP contribution in [-0.4, -0.2) is 41.8 Å². The largest absolute Gasteiger partial charge is 0.388 e. The van der Waals surface area contributed by atoms with E-state index in [-0.39, 0.29) is 29.6 Å². The second-order valence-corrected chi connectivity index (χ2v) is 7.17. The Morgan fingerprint density at radius 1 is 1.45 bits per heavy atom. The van der Waals surface area contributed by atoms with Gasteiger partial charge in [-0.15, -0.1) is 0 Å². The van der Waals surface area contributed by atoms with Crippen LogP contribution < -0.4 is 5.73 Å². The SMILES string of the molecule is Cc1n[nH]c(C)c1S(=O)(=O)N(CCC(=N)N)CC(C)C. The van der Waals surface area contributed by atoms with Gasteiger partial charge in [0.25, 0.3) is 0 Å². The molecule has 1 aromatic rings. The Bertz CT molecular complexity index is 557. The van der Waals surface area contributed by atoms with E-state index in [9.17, 15) is 8.42 Å². The maximum atomic E-state index is 12.7. The van der Waals surface area contributed by atoms with Gasteiger partial charge in [-0.3, -0.25) is 10.5 Å². The molecule has 1 rings (SSSR count). The first-order valence-electron chi connectivity index (χ1n) is 6.50. The van der Waals surface area contributed by atoms with Gasteiger partial charge in [0.1, 0.15) is 4.90 Å². The van der Waals surface area contributed by atoms with Gasteiger partial charge in [-0.2, -0.15) is 9.40 Å². The van der Waals surface area contributed by atoms with Crippen LogP contribution in [0.5, 0.6) is 0 Å². The Morgan fingerprint density at radius 2 is 2.05 bits per heavy atom. The molecule has 0 unspecified atom stereocenters. The molecule has 4 N–H and O–H groups in total. The number of sulfonamides is 1. The van der Waals surface area contributed by atoms with Crippen LogP contribution in [0.3, 0.4) is 0 Å². The molecule has 0 radical (unpaired) electrons. The molecule has 0 bridgehead atoms. The lowest BCUT2D eigenvalue weighted by atomic mass is 10.2. The zero-order valence-electron chi connectivity index (χ0n) is 12.4. The number of rotatable bonds is 7. The van der Waals surface area contributed by atoms with Crippen molar-refractivity contribution in [2.75, 3.05) is 13.1 Å². The van der Waals surface area contributed by atoms with Crippen LogP contribution in [0.1, 0.15) is 31.7 Å². The van der Waals surface area contributed by atoms with E-state index in [1.54, 1.807) is 13.8 Å². The number of H-pyrrole nitrogens is 1. The molecule has 1 aromatic heterocycles. The smallest absolute Gasteiger partial charge is 0.246 e. The molecule has 0 amide bonds. The number of aromatic nitrogens is 2. The molecule has 20 heavy (non-hydrogen) atoms. The van der Waals surface area contributed by atoms with Crippen molar-refractivity contribution in [1.82, 2.24) is 14.5 Å². The number of aryl methyl sites for hydroxylation is 2. The number of nitrogens with two attached hydrogens (primary N) is 1. The lowest BCUT2D eigenvalue weighted by molar-refractivity contribution is 0.373. The van der Waals surface area contributed by atoms with Crippen LogP contribution in [0, 0.1) is 25.2 Å². The number of aromatic amines is 1. The van der Waals surface area contributed by atoms with E-state index in [1.807, 2.05) is 13.8 Å². The van der Waals surface area contributed by atoms with Crippen molar-refractivity contribution >= 4 is 15.9 Å². The summed E-state index contributed by atoms with van der Waals surface area (Å²) in [7, 11) is -3.62. The zero-order chi connectivity index (χ0) is 15.5. The molecule has 0 aliphatic carbocycles. The van der Waals surface area contributed by atoms with Crippen molar-refractivity contribution in [1.29, 1.82) is 5.41 Å². The Balaban J connectivity index is 3.13. The van der Waals surface area contributed by atoms with E-state index in [0.717, 1.165) is 0 Å². The van der Waals surface area contributed by atoms with Gasteiger partial charge in [-0.05, 0) is 19.8 Å². The fourth-order valence-electron chi connectivity index (χ4n) is 2.01. The van der Waals surface area contributed by atoms with Crippen LogP contribution in [-0.2, 0) is 10.0 Å². The molecular formula is C12H23N5O2S. The van der Waals surface area contributed by atoms with Crippen molar-refractivity contribution in [2.24, 2.45) is 11.7 Å². The summed E-state index contributed by atoms with van der Waals surface area (Å²) in [6.07, 6.45) is 0.224. The molecule has 7 nitrogen and oxygen atoms in total. The summed E-state index contributed by atoms with van der Waals surface area (Å²) < 4.78 is 26.9. The van der Waals surface area contributed by atoms with E-state index in [4.69, 9.17) is 11.1 Å². The van der Waals surface area contributed by atoms with E-state index in [1.165, 1.54) is 4.31 Å². The van der Waals surface area contributed by atoms with Crippen LogP contribution in [0.15, 0.2) is 4.90 Å². The highest BCUT2D eigenvalue weighted by molar-refractivity contribution is 7.89. The minimum absolute atomic E-state index is 0.0189. The van der Waals surface area contributed by atoms with E-state index < -0.39 is 10.0 Å². The van der Waals surface area contributed by atoms with Gasteiger partial charge in [-0.25, -0.2) is 8.42 Å². The second-order valence-electron chi connectivity index (χ2n) is 5.30. The number of hydrogen-bond donors (Lipinski definition) is 3. The van der Waals surface area contributed by atoms with Crippen LogP contribution in [0.25, 0.3) is 0 Å². The molecular weight excluding hydrogens is 278 g/mol. The first-order valence-corrected chi connectivity index (χ1v) is 7.94. The molecule has 0 saturated heterocycles. The molecule has 1 heterocycles. The molecule has 114 valence electrons. The monoisotopic (exact) mass is 301 g/mol. The number of amidine groups is 1. The average Bonchev–Trinajstić information content (AvgIpc) is 2.63. The van der Waals surface area contributed by atoms with Gasteiger partial charge in [0.15, 0.2) is 0 Å². The predicted octanol–water partition coefficient (Wildman–Crippen LogP) is 0.999. The summed E-state index contributed by atoms with van der Waals surface area (Å²) in [6.45, 7) is 7.84. The summed E-state index contributed by atoms with van der Waals surface area (Å²) >= 11 is 0. The van der Waals surface area contributed by atoms with E-state index in [0.29, 0.717) is 17.9 Å². The van der Waals surface area contributed by atoms with Crippen LogP contribution in [0.4, 0.5) is 0 Å². The third kappa shape index (κ3) is 3.80. The maximum absolute atomic E-state index is 12.7. The standard InChI is InChI=1S/C12H23N5O2S/c1-8(2)7-17(6-5-11(13)14)20(18,19)12-9(3)15-16-10(12)4/h8H,5-7H2,1-4H3,(H3,13,14)(H,15,16). The highest BCUT2D eigenvalue weighted by Gasteiger charge is 2.29. The fraction of sp³-hybridized carbons (Fsp3) is 0.667. The topological polar surface area (TPSA) is 116 Å². The second kappa shape index (κ2) is 6.36. The molecule has 0 aromatic carbocycles. The first-order chi connectivity index (χ1) is 9.16. The molecule has 0 fully saturated rings. The third-order valence-corrected chi connectivity index (χ3v) is 4.99. The third-order valence-electron chi connectivity index (χ3n) is 2.86. The normalized spacial score (nSPS) is 12.3. The molecule has 0 aliphatic rings. The minimum atomic E-state index is -3.62. The van der Waals surface area contributed by atoms with Crippen molar-refractivity contribution in [3.63, 3.8) is 0 Å². The fourth-order valence-corrected chi connectivity index (χ4v) is 3.95. The summed E-state index contributed by atoms with van der Waals surface area (Å²) in [5.41, 5.74) is 6.32. The predicted molar refractivity (Wildman–Crippen MR) is 78.2 cm³/mol.